The van der Waals surface area contributed by atoms with Crippen LogP contribution < -0.4 is 5.32 Å². The molecule has 3 heterocycles. The van der Waals surface area contributed by atoms with E-state index in [1.165, 1.54) is 6.26 Å². The molecular weight excluding hydrogens is 312 g/mol. The number of hydrogen-bond donors (Lipinski definition) is 1. The predicted molar refractivity (Wildman–Crippen MR) is 88.2 cm³/mol. The molecule has 1 aliphatic heterocycles. The van der Waals surface area contributed by atoms with Gasteiger partial charge in [-0.15, -0.1) is 11.3 Å². The summed E-state index contributed by atoms with van der Waals surface area (Å²) >= 11 is 1.63. The summed E-state index contributed by atoms with van der Waals surface area (Å²) in [5.74, 6) is 0.0461. The van der Waals surface area contributed by atoms with Crippen molar-refractivity contribution in [2.24, 2.45) is 5.92 Å². The van der Waals surface area contributed by atoms with Crippen LogP contribution in [0, 0.1) is 5.92 Å². The van der Waals surface area contributed by atoms with Crippen LogP contribution in [0.1, 0.15) is 41.2 Å². The average Bonchev–Trinajstić information content (AvgIpc) is 3.27. The Labute approximate surface area is 139 Å². The summed E-state index contributed by atoms with van der Waals surface area (Å²) in [5, 5.41) is 5.06. The highest BCUT2D eigenvalue weighted by Crippen LogP contribution is 2.22. The molecule has 2 aromatic heterocycles. The Kier molecular flexibility index (Phi) is 4.81. The number of furan rings is 1. The van der Waals surface area contributed by atoms with E-state index in [1.807, 2.05) is 24.4 Å². The fourth-order valence-electron chi connectivity index (χ4n) is 2.87. The molecule has 122 valence electrons. The first-order valence-electron chi connectivity index (χ1n) is 7.81. The summed E-state index contributed by atoms with van der Waals surface area (Å²) in [5.41, 5.74) is 0. The minimum absolute atomic E-state index is 0.00125. The molecular formula is C17H20N2O3S. The molecule has 2 atom stereocenters. The van der Waals surface area contributed by atoms with Gasteiger partial charge in [0.05, 0.1) is 18.2 Å². The lowest BCUT2D eigenvalue weighted by Crippen LogP contribution is -2.45. The molecule has 2 amide bonds. The monoisotopic (exact) mass is 332 g/mol. The highest BCUT2D eigenvalue weighted by molar-refractivity contribution is 7.10. The fraction of sp³-hybridized carbons (Fsp3) is 0.412. The second-order valence-corrected chi connectivity index (χ2v) is 6.79. The molecule has 1 fully saturated rings. The standard InChI is InChI=1S/C17H20N2O3S/c1-12(15-7-4-10-23-15)18-16(20)13-5-2-8-19(11-13)17(21)14-6-3-9-22-14/h3-4,6-7,9-10,12-13H,2,5,8,11H2,1H3,(H,18,20)/t12-,13-/m1/s1. The van der Waals surface area contributed by atoms with Crippen molar-refractivity contribution in [2.75, 3.05) is 13.1 Å². The molecule has 1 N–H and O–H groups in total. The largest absolute Gasteiger partial charge is 0.459 e. The van der Waals surface area contributed by atoms with Gasteiger partial charge >= 0.3 is 0 Å². The van der Waals surface area contributed by atoms with E-state index in [-0.39, 0.29) is 23.8 Å². The van der Waals surface area contributed by atoms with Crippen molar-refractivity contribution in [1.82, 2.24) is 10.2 Å². The molecule has 0 bridgehead atoms. The van der Waals surface area contributed by atoms with Gasteiger partial charge < -0.3 is 14.6 Å². The van der Waals surface area contributed by atoms with Crippen molar-refractivity contribution >= 4 is 23.2 Å². The number of nitrogens with zero attached hydrogens (tertiary/aromatic N) is 1. The number of likely N-dealkylation sites (tertiary alicyclic amines) is 1. The maximum absolute atomic E-state index is 12.5. The Morgan fingerprint density at radius 3 is 2.96 bits per heavy atom. The van der Waals surface area contributed by atoms with E-state index in [1.54, 1.807) is 28.4 Å². The van der Waals surface area contributed by atoms with Gasteiger partial charge in [-0.25, -0.2) is 0 Å². The van der Waals surface area contributed by atoms with E-state index in [9.17, 15) is 9.59 Å². The lowest BCUT2D eigenvalue weighted by molar-refractivity contribution is -0.127. The van der Waals surface area contributed by atoms with Crippen molar-refractivity contribution in [2.45, 2.75) is 25.8 Å². The summed E-state index contributed by atoms with van der Waals surface area (Å²) in [6.45, 7) is 3.10. The Hall–Kier alpha value is -2.08. The van der Waals surface area contributed by atoms with Gasteiger partial charge in [0.25, 0.3) is 5.91 Å². The van der Waals surface area contributed by atoms with E-state index >= 15 is 0 Å². The molecule has 0 spiro atoms. The average molecular weight is 332 g/mol. The molecule has 0 aliphatic carbocycles. The van der Waals surface area contributed by atoms with Crippen molar-refractivity contribution in [1.29, 1.82) is 0 Å². The summed E-state index contributed by atoms with van der Waals surface area (Å²) in [6.07, 6.45) is 3.13. The van der Waals surface area contributed by atoms with E-state index < -0.39 is 0 Å². The van der Waals surface area contributed by atoms with Gasteiger partial charge in [-0.3, -0.25) is 9.59 Å². The number of carbonyl (C=O) groups is 2. The molecule has 3 rings (SSSR count). The molecule has 0 radical (unpaired) electrons. The zero-order valence-corrected chi connectivity index (χ0v) is 13.8. The van der Waals surface area contributed by atoms with Gasteiger partial charge in [-0.2, -0.15) is 0 Å². The molecule has 1 aliphatic rings. The van der Waals surface area contributed by atoms with E-state index in [2.05, 4.69) is 5.32 Å². The van der Waals surface area contributed by atoms with E-state index in [0.717, 1.165) is 17.7 Å². The molecule has 2 aromatic rings. The van der Waals surface area contributed by atoms with Crippen molar-refractivity contribution in [3.05, 3.63) is 46.5 Å². The van der Waals surface area contributed by atoms with Gasteiger partial charge in [-0.1, -0.05) is 6.07 Å². The maximum Gasteiger partial charge on any atom is 0.289 e. The lowest BCUT2D eigenvalue weighted by Gasteiger charge is -2.32. The number of carbonyl (C=O) groups excluding carboxylic acids is 2. The number of hydrogen-bond acceptors (Lipinski definition) is 4. The van der Waals surface area contributed by atoms with Crippen LogP contribution in [0.5, 0.6) is 0 Å². The third-order valence-corrected chi connectivity index (χ3v) is 5.20. The van der Waals surface area contributed by atoms with Crippen LogP contribution in [0.2, 0.25) is 0 Å². The molecule has 6 heteroatoms. The van der Waals surface area contributed by atoms with Crippen molar-refractivity contribution in [3.63, 3.8) is 0 Å². The van der Waals surface area contributed by atoms with Crippen LogP contribution in [-0.4, -0.2) is 29.8 Å². The molecule has 0 unspecified atom stereocenters. The van der Waals surface area contributed by atoms with E-state index in [4.69, 9.17) is 4.42 Å². The highest BCUT2D eigenvalue weighted by atomic mass is 32.1. The van der Waals surface area contributed by atoms with Crippen LogP contribution in [0.4, 0.5) is 0 Å². The van der Waals surface area contributed by atoms with Gasteiger partial charge in [0.2, 0.25) is 5.91 Å². The van der Waals surface area contributed by atoms with Crippen LogP contribution in [-0.2, 0) is 4.79 Å². The van der Waals surface area contributed by atoms with Gasteiger partial charge in [0, 0.05) is 18.0 Å². The molecule has 0 aromatic carbocycles. The number of piperidine rings is 1. The third-order valence-electron chi connectivity index (χ3n) is 4.14. The second-order valence-electron chi connectivity index (χ2n) is 5.81. The zero-order valence-electron chi connectivity index (χ0n) is 13.0. The van der Waals surface area contributed by atoms with Crippen LogP contribution in [0.3, 0.4) is 0 Å². The second kappa shape index (κ2) is 7.00. The normalized spacial score (nSPS) is 19.3. The lowest BCUT2D eigenvalue weighted by atomic mass is 9.96. The minimum Gasteiger partial charge on any atom is -0.459 e. The first-order valence-corrected chi connectivity index (χ1v) is 8.69. The summed E-state index contributed by atoms with van der Waals surface area (Å²) in [4.78, 5) is 27.7. The topological polar surface area (TPSA) is 62.6 Å². The van der Waals surface area contributed by atoms with E-state index in [0.29, 0.717) is 18.8 Å². The predicted octanol–water partition coefficient (Wildman–Crippen LogP) is 3.07. The summed E-state index contributed by atoms with van der Waals surface area (Å²) < 4.78 is 5.17. The maximum atomic E-state index is 12.5. The molecule has 5 nitrogen and oxygen atoms in total. The molecule has 1 saturated heterocycles. The quantitative estimate of drug-likeness (QED) is 0.936. The Morgan fingerprint density at radius 2 is 2.26 bits per heavy atom. The Morgan fingerprint density at radius 1 is 1.39 bits per heavy atom. The van der Waals surface area contributed by atoms with Crippen LogP contribution in [0.15, 0.2) is 40.3 Å². The first-order chi connectivity index (χ1) is 11.1. The van der Waals surface area contributed by atoms with Crippen LogP contribution in [0.25, 0.3) is 0 Å². The number of nitrogens with one attached hydrogen (secondary N) is 1. The number of amides is 2. The highest BCUT2D eigenvalue weighted by Gasteiger charge is 2.30. The smallest absolute Gasteiger partial charge is 0.289 e. The van der Waals surface area contributed by atoms with Crippen LogP contribution >= 0.6 is 11.3 Å². The third kappa shape index (κ3) is 3.64. The number of thiophene rings is 1. The Balaban J connectivity index is 1.59. The van der Waals surface area contributed by atoms with Gasteiger partial charge in [0.1, 0.15) is 0 Å². The fourth-order valence-corrected chi connectivity index (χ4v) is 3.61. The summed E-state index contributed by atoms with van der Waals surface area (Å²) in [7, 11) is 0. The van der Waals surface area contributed by atoms with Gasteiger partial charge in [0.15, 0.2) is 5.76 Å². The minimum atomic E-state index is -0.162. The Bertz CT molecular complexity index is 651. The molecule has 23 heavy (non-hydrogen) atoms. The molecule has 0 saturated carbocycles. The number of rotatable bonds is 4. The first kappa shape index (κ1) is 15.8. The van der Waals surface area contributed by atoms with Crippen molar-refractivity contribution in [3.8, 4) is 0 Å². The van der Waals surface area contributed by atoms with Gasteiger partial charge in [-0.05, 0) is 43.3 Å². The van der Waals surface area contributed by atoms with Crippen molar-refractivity contribution < 1.29 is 14.0 Å². The SMILES string of the molecule is C[C@@H](NC(=O)[C@@H]1CCCN(C(=O)c2ccco2)C1)c1cccs1. The zero-order chi connectivity index (χ0) is 16.2. The summed E-state index contributed by atoms with van der Waals surface area (Å²) in [6, 6.07) is 7.35.